The lowest BCUT2D eigenvalue weighted by Gasteiger charge is -2.28. The van der Waals surface area contributed by atoms with Gasteiger partial charge in [-0.05, 0) is 50.1 Å². The molecule has 0 radical (unpaired) electrons. The summed E-state index contributed by atoms with van der Waals surface area (Å²) < 4.78 is 73.4. The van der Waals surface area contributed by atoms with E-state index in [0.29, 0.717) is 18.8 Å². The Morgan fingerprint density at radius 3 is 2.27 bits per heavy atom. The molecule has 1 N–H and O–H groups in total. The lowest BCUT2D eigenvalue weighted by molar-refractivity contribution is -0.141. The predicted octanol–water partition coefficient (Wildman–Crippen LogP) is 3.75. The van der Waals surface area contributed by atoms with Crippen molar-refractivity contribution in [3.63, 3.8) is 0 Å². The molecule has 0 saturated carbocycles. The zero-order valence-corrected chi connectivity index (χ0v) is 29.6. The van der Waals surface area contributed by atoms with Gasteiger partial charge in [-0.1, -0.05) is 37.3 Å². The average Bonchev–Trinajstić information content (AvgIpc) is 3.43. The topological polar surface area (TPSA) is 189 Å². The third kappa shape index (κ3) is 11.2. The van der Waals surface area contributed by atoms with E-state index >= 15 is 0 Å². The maximum absolute atomic E-state index is 14.5. The maximum Gasteiger partial charge on any atom is 0.530 e. The molecule has 17 heteroatoms. The normalized spacial score (nSPS) is 20.3. The Balaban J connectivity index is 1.63. The number of carbonyl (C=O) groups is 2. The van der Waals surface area contributed by atoms with E-state index in [1.165, 1.54) is 30.5 Å². The quantitative estimate of drug-likeness (QED) is 0.0765. The fourth-order valence-corrected chi connectivity index (χ4v) is 6.40. The number of esters is 1. The Morgan fingerprint density at radius 1 is 0.980 bits per heavy atom. The van der Waals surface area contributed by atoms with Gasteiger partial charge in [0, 0.05) is 19.4 Å². The molecular weight excluding hydrogens is 691 g/mol. The molecule has 2 heterocycles. The molecule has 1 aliphatic rings. The number of ether oxygens (including phenoxy) is 6. The van der Waals surface area contributed by atoms with Crippen LogP contribution in [0.5, 0.6) is 5.75 Å². The smallest absolute Gasteiger partial charge is 0.457 e. The first-order chi connectivity index (χ1) is 24.9. The second kappa shape index (κ2) is 18.9. The largest absolute Gasteiger partial charge is 0.530 e. The van der Waals surface area contributed by atoms with Crippen LogP contribution < -0.4 is 15.8 Å². The molecule has 0 amide bonds. The molecule has 5 atom stereocenters. The fraction of sp³-hybridized carbons (Fsp3) is 0.471. The first-order valence-corrected chi connectivity index (χ1v) is 17.6. The minimum absolute atomic E-state index is 0.0316. The maximum atomic E-state index is 14.5. The monoisotopic (exact) mass is 735 g/mol. The minimum atomic E-state index is -4.64. The van der Waals surface area contributed by atoms with Crippen LogP contribution >= 0.6 is 7.82 Å². The highest BCUT2D eigenvalue weighted by molar-refractivity contribution is 7.49. The van der Waals surface area contributed by atoms with Crippen LogP contribution in [0, 0.1) is 0 Å². The first-order valence-electron chi connectivity index (χ1n) is 16.7. The van der Waals surface area contributed by atoms with Crippen LogP contribution in [0.3, 0.4) is 0 Å². The highest BCUT2D eigenvalue weighted by Gasteiger charge is 2.52. The predicted molar refractivity (Wildman–Crippen MR) is 180 cm³/mol. The van der Waals surface area contributed by atoms with Gasteiger partial charge in [-0.25, -0.2) is 14.2 Å². The van der Waals surface area contributed by atoms with E-state index in [0.717, 1.165) is 10.6 Å². The summed E-state index contributed by atoms with van der Waals surface area (Å²) in [6.07, 6.45) is -4.74. The van der Waals surface area contributed by atoms with Gasteiger partial charge in [0.1, 0.15) is 17.5 Å². The van der Waals surface area contributed by atoms with Crippen LogP contribution in [-0.4, -0.2) is 87.0 Å². The van der Waals surface area contributed by atoms with E-state index in [9.17, 15) is 23.7 Å². The summed E-state index contributed by atoms with van der Waals surface area (Å²) in [4.78, 5) is 51.6. The van der Waals surface area contributed by atoms with Gasteiger partial charge >= 0.3 is 19.5 Å². The van der Waals surface area contributed by atoms with Gasteiger partial charge in [-0.15, -0.1) is 0 Å². The number of hydrogen-bond acceptors (Lipinski definition) is 14. The number of rotatable bonds is 20. The SMILES string of the molecule is [2H]C(=O)OC(C)(C)c1ccc(OP(=O)(OCCOCCOCCOC)OC2C(OC(=O)c3ccccc3)[C@H](n3ccc(=O)[nH]c3=O)O[C@@H]2CC)cc1. The van der Waals surface area contributed by atoms with Crippen LogP contribution in [-0.2, 0) is 52.4 Å². The second-order valence-corrected chi connectivity index (χ2v) is 13.2. The third-order valence-electron chi connectivity index (χ3n) is 7.66. The van der Waals surface area contributed by atoms with E-state index in [1.807, 2.05) is 0 Å². The van der Waals surface area contributed by atoms with Crippen molar-refractivity contribution in [2.24, 2.45) is 0 Å². The van der Waals surface area contributed by atoms with Crippen molar-refractivity contribution in [2.75, 3.05) is 46.8 Å². The summed E-state index contributed by atoms with van der Waals surface area (Å²) in [7, 11) is -3.08. The number of aromatic nitrogens is 2. The highest BCUT2D eigenvalue weighted by Crippen LogP contribution is 2.54. The molecule has 0 spiro atoms. The molecule has 1 aromatic heterocycles. The number of nitrogens with one attached hydrogen (secondary N) is 1. The molecule has 0 aliphatic carbocycles. The number of methoxy groups -OCH3 is 1. The molecule has 2 aromatic carbocycles. The molecule has 1 saturated heterocycles. The molecule has 4 rings (SSSR count). The van der Waals surface area contributed by atoms with Crippen LogP contribution in [0.4, 0.5) is 0 Å². The van der Waals surface area contributed by atoms with Gasteiger partial charge in [0.25, 0.3) is 12.0 Å². The van der Waals surface area contributed by atoms with Crippen molar-refractivity contribution < 1.29 is 57.5 Å². The van der Waals surface area contributed by atoms with Crippen molar-refractivity contribution in [1.29, 1.82) is 0 Å². The van der Waals surface area contributed by atoms with Gasteiger partial charge in [0.2, 0.25) is 0 Å². The summed E-state index contributed by atoms with van der Waals surface area (Å²) in [6, 6.07) is 15.1. The Kier molecular flexibility index (Phi) is 14.1. The molecule has 3 aromatic rings. The lowest BCUT2D eigenvalue weighted by Crippen LogP contribution is -2.41. The van der Waals surface area contributed by atoms with E-state index < -0.39 is 61.6 Å². The van der Waals surface area contributed by atoms with Crippen molar-refractivity contribution in [2.45, 2.75) is 57.3 Å². The molecule has 3 unspecified atom stereocenters. The molecule has 1 aliphatic heterocycles. The molecule has 0 bridgehead atoms. The van der Waals surface area contributed by atoms with E-state index in [2.05, 4.69) is 4.98 Å². The molecule has 1 fully saturated rings. The minimum Gasteiger partial charge on any atom is -0.457 e. The second-order valence-electron chi connectivity index (χ2n) is 11.6. The van der Waals surface area contributed by atoms with Gasteiger partial charge in [0.05, 0.1) is 51.3 Å². The number of benzene rings is 2. The Hall–Kier alpha value is -4.15. The number of nitrogens with zero attached hydrogens (tertiary/aromatic N) is 1. The molecular formula is C34H43N2O14P. The Morgan fingerprint density at radius 2 is 1.65 bits per heavy atom. The number of phosphoric ester groups is 1. The van der Waals surface area contributed by atoms with Crippen LogP contribution in [0.25, 0.3) is 0 Å². The van der Waals surface area contributed by atoms with Crippen molar-refractivity contribution >= 4 is 20.2 Å². The zero-order valence-electron chi connectivity index (χ0n) is 29.7. The van der Waals surface area contributed by atoms with Gasteiger partial charge in [0.15, 0.2) is 13.7 Å². The van der Waals surface area contributed by atoms with E-state index in [4.69, 9.17) is 43.4 Å². The van der Waals surface area contributed by atoms with Gasteiger partial charge in [-0.3, -0.25) is 28.2 Å². The summed E-state index contributed by atoms with van der Waals surface area (Å²) in [5.41, 5.74) is -1.95. The number of carbonyl (C=O) groups excluding carboxylic acids is 2. The van der Waals surface area contributed by atoms with Gasteiger partial charge in [-0.2, -0.15) is 0 Å². The standard InChI is InChI=1S/C34H43N2O14P/c1-5-27-29(30(48-32(39)24-9-7-6-8-10-24)31(47-27)36-16-15-28(38)35-33(36)40)50-51(41,46-22-21-44-20-19-43-18-17-42-4)49-26-13-11-25(12-14-26)34(2,3)45-23-37/h6-16,23,27,29-31H,5,17-22H2,1-4H3,(H,35,38,40)/t27-,29?,30?,31-,51?/m1/s1/i23D. The van der Waals surface area contributed by atoms with Crippen molar-refractivity contribution in [1.82, 2.24) is 9.55 Å². The summed E-state index contributed by atoms with van der Waals surface area (Å²) in [5.74, 6) is -0.753. The van der Waals surface area contributed by atoms with Crippen molar-refractivity contribution in [3.8, 4) is 5.75 Å². The van der Waals surface area contributed by atoms with Crippen molar-refractivity contribution in [3.05, 3.63) is 98.8 Å². The average molecular weight is 736 g/mol. The lowest BCUT2D eigenvalue weighted by atomic mass is 9.98. The van der Waals surface area contributed by atoms with E-state index in [1.54, 1.807) is 58.2 Å². The summed E-state index contributed by atoms with van der Waals surface area (Å²) >= 11 is 0. The summed E-state index contributed by atoms with van der Waals surface area (Å²) in [5, 5.41) is 0. The fourth-order valence-electron chi connectivity index (χ4n) is 5.02. The molecule has 51 heavy (non-hydrogen) atoms. The Labute approximate surface area is 295 Å². The van der Waals surface area contributed by atoms with E-state index in [-0.39, 0.29) is 44.2 Å². The zero-order chi connectivity index (χ0) is 37.7. The van der Waals surface area contributed by atoms with Gasteiger partial charge < -0.3 is 32.9 Å². The number of H-pyrrole nitrogens is 1. The van der Waals surface area contributed by atoms with Crippen LogP contribution in [0.15, 0.2) is 76.4 Å². The number of aromatic amines is 1. The molecule has 278 valence electrons. The number of hydrogen-bond donors (Lipinski definition) is 1. The van der Waals surface area contributed by atoms with Crippen LogP contribution in [0.2, 0.25) is 0 Å². The third-order valence-corrected chi connectivity index (χ3v) is 9.10. The molecule has 16 nitrogen and oxygen atoms in total. The number of phosphoric acid groups is 1. The summed E-state index contributed by atoms with van der Waals surface area (Å²) in [6.45, 7) is 5.95. The first kappa shape index (κ1) is 38.1. The van der Waals surface area contributed by atoms with Crippen LogP contribution in [0.1, 0.15) is 50.7 Å². The highest BCUT2D eigenvalue weighted by atomic mass is 31.2. The Bertz CT molecular complexity index is 1770.